The maximum Gasteiger partial charge on any atom is 0.255 e. The van der Waals surface area contributed by atoms with Crippen molar-refractivity contribution in [1.82, 2.24) is 0 Å². The van der Waals surface area contributed by atoms with Gasteiger partial charge in [0, 0.05) is 17.3 Å². The van der Waals surface area contributed by atoms with Crippen LogP contribution in [0.3, 0.4) is 0 Å². The highest BCUT2D eigenvalue weighted by Crippen LogP contribution is 2.34. The number of benzene rings is 2. The molecule has 0 bridgehead atoms. The average molecular weight is 360 g/mol. The number of sulfonamides is 1. The zero-order chi connectivity index (χ0) is 18.0. The smallest absolute Gasteiger partial charge is 0.255 e. The molecule has 25 heavy (non-hydrogen) atoms. The number of carbonyl (C=O) groups is 1. The highest BCUT2D eigenvalue weighted by Gasteiger charge is 2.35. The quantitative estimate of drug-likeness (QED) is 0.859. The fourth-order valence-corrected chi connectivity index (χ4v) is 3.90. The Labute approximate surface area is 147 Å². The van der Waals surface area contributed by atoms with Crippen LogP contribution in [0.25, 0.3) is 0 Å². The molecule has 1 aliphatic rings. The summed E-state index contributed by atoms with van der Waals surface area (Å²) in [6.45, 7) is 0. The molecule has 1 fully saturated rings. The highest BCUT2D eigenvalue weighted by molar-refractivity contribution is 7.92. The fraction of sp³-hybridized carbons (Fsp3) is 0.278. The molecule has 0 unspecified atom stereocenters. The van der Waals surface area contributed by atoms with E-state index in [4.69, 9.17) is 4.74 Å². The molecule has 1 saturated carbocycles. The molecule has 2 aromatic rings. The lowest BCUT2D eigenvalue weighted by Gasteiger charge is -2.22. The average Bonchev–Trinajstić information content (AvgIpc) is 3.40. The Kier molecular flexibility index (Phi) is 4.67. The summed E-state index contributed by atoms with van der Waals surface area (Å²) in [5.41, 5.74) is 1.70. The van der Waals surface area contributed by atoms with Crippen LogP contribution in [0.15, 0.2) is 48.5 Å². The molecule has 6 nitrogen and oxygen atoms in total. The number of anilines is 2. The van der Waals surface area contributed by atoms with Gasteiger partial charge in [-0.15, -0.1) is 0 Å². The lowest BCUT2D eigenvalue weighted by Crippen LogP contribution is -2.31. The topological polar surface area (TPSA) is 75.7 Å². The fourth-order valence-electron chi connectivity index (χ4n) is 2.64. The van der Waals surface area contributed by atoms with E-state index in [-0.39, 0.29) is 11.9 Å². The maximum absolute atomic E-state index is 12.3. The molecule has 0 radical (unpaired) electrons. The van der Waals surface area contributed by atoms with Gasteiger partial charge in [0.1, 0.15) is 5.75 Å². The SMILES string of the molecule is COc1cccc(C(=O)Nc2ccc(N(C3CC3)S(C)(=O)=O)cc2)c1. The molecule has 1 aliphatic carbocycles. The highest BCUT2D eigenvalue weighted by atomic mass is 32.2. The second kappa shape index (κ2) is 6.76. The zero-order valence-corrected chi connectivity index (χ0v) is 14.9. The Balaban J connectivity index is 1.75. The van der Waals surface area contributed by atoms with Crippen LogP contribution in [0.2, 0.25) is 0 Å². The van der Waals surface area contributed by atoms with Gasteiger partial charge in [-0.3, -0.25) is 9.10 Å². The molecule has 0 heterocycles. The standard InChI is InChI=1S/C18H20N2O4S/c1-24-17-5-3-4-13(12-17)18(21)19-14-6-8-15(9-7-14)20(16-10-11-16)25(2,22)23/h3-9,12,16H,10-11H2,1-2H3,(H,19,21). The van der Waals surface area contributed by atoms with Gasteiger partial charge in [0.2, 0.25) is 10.0 Å². The van der Waals surface area contributed by atoms with Crippen molar-refractivity contribution in [2.45, 2.75) is 18.9 Å². The zero-order valence-electron chi connectivity index (χ0n) is 14.1. The first kappa shape index (κ1) is 17.3. The minimum absolute atomic E-state index is 0.0484. The van der Waals surface area contributed by atoms with Gasteiger partial charge in [-0.25, -0.2) is 8.42 Å². The third-order valence-electron chi connectivity index (χ3n) is 3.95. The molecule has 1 N–H and O–H groups in total. The molecule has 2 aromatic carbocycles. The Morgan fingerprint density at radius 1 is 1.16 bits per heavy atom. The third-order valence-corrected chi connectivity index (χ3v) is 5.17. The van der Waals surface area contributed by atoms with Crippen molar-refractivity contribution < 1.29 is 17.9 Å². The van der Waals surface area contributed by atoms with E-state index in [9.17, 15) is 13.2 Å². The third kappa shape index (κ3) is 4.11. The number of amides is 1. The Morgan fingerprint density at radius 3 is 2.40 bits per heavy atom. The maximum atomic E-state index is 12.3. The van der Waals surface area contributed by atoms with Crippen LogP contribution >= 0.6 is 0 Å². The van der Waals surface area contributed by atoms with Gasteiger partial charge in [-0.05, 0) is 55.3 Å². The largest absolute Gasteiger partial charge is 0.497 e. The van der Waals surface area contributed by atoms with Crippen molar-refractivity contribution in [3.8, 4) is 5.75 Å². The number of hydrogen-bond donors (Lipinski definition) is 1. The van der Waals surface area contributed by atoms with E-state index in [1.165, 1.54) is 10.6 Å². The Bertz CT molecular complexity index is 874. The molecule has 3 rings (SSSR count). The van der Waals surface area contributed by atoms with Crippen molar-refractivity contribution >= 4 is 27.3 Å². The second-order valence-electron chi connectivity index (χ2n) is 6.02. The van der Waals surface area contributed by atoms with Gasteiger partial charge in [0.25, 0.3) is 5.91 Å². The first-order valence-corrected chi connectivity index (χ1v) is 9.78. The number of ether oxygens (including phenoxy) is 1. The normalized spacial score (nSPS) is 14.0. The van der Waals surface area contributed by atoms with Crippen molar-refractivity contribution in [3.63, 3.8) is 0 Å². The number of nitrogens with zero attached hydrogens (tertiary/aromatic N) is 1. The van der Waals surface area contributed by atoms with Crippen molar-refractivity contribution in [2.75, 3.05) is 23.0 Å². The van der Waals surface area contributed by atoms with Crippen LogP contribution in [-0.4, -0.2) is 33.7 Å². The predicted molar refractivity (Wildman–Crippen MR) is 97.7 cm³/mol. The monoisotopic (exact) mass is 360 g/mol. The van der Waals surface area contributed by atoms with Gasteiger partial charge >= 0.3 is 0 Å². The van der Waals surface area contributed by atoms with E-state index < -0.39 is 10.0 Å². The van der Waals surface area contributed by atoms with E-state index in [1.54, 1.807) is 55.6 Å². The van der Waals surface area contributed by atoms with Gasteiger partial charge in [0.15, 0.2) is 0 Å². The minimum Gasteiger partial charge on any atom is -0.497 e. The summed E-state index contributed by atoms with van der Waals surface area (Å²) in [5, 5.41) is 2.80. The minimum atomic E-state index is -3.31. The van der Waals surface area contributed by atoms with E-state index in [0.717, 1.165) is 12.8 Å². The molecular weight excluding hydrogens is 340 g/mol. The number of carbonyl (C=O) groups excluding carboxylic acids is 1. The lowest BCUT2D eigenvalue weighted by atomic mass is 10.2. The molecular formula is C18H20N2O4S. The van der Waals surface area contributed by atoms with Gasteiger partial charge in [-0.1, -0.05) is 6.07 Å². The van der Waals surface area contributed by atoms with E-state index >= 15 is 0 Å². The van der Waals surface area contributed by atoms with Crippen molar-refractivity contribution in [2.24, 2.45) is 0 Å². The summed E-state index contributed by atoms with van der Waals surface area (Å²) in [6, 6.07) is 13.7. The summed E-state index contributed by atoms with van der Waals surface area (Å²) in [6.07, 6.45) is 2.96. The molecule has 1 amide bonds. The first-order valence-electron chi connectivity index (χ1n) is 7.93. The number of hydrogen-bond acceptors (Lipinski definition) is 4. The predicted octanol–water partition coefficient (Wildman–Crippen LogP) is 2.88. The molecule has 0 aliphatic heterocycles. The summed E-state index contributed by atoms with van der Waals surface area (Å²) in [4.78, 5) is 12.3. The molecule has 0 saturated heterocycles. The van der Waals surface area contributed by atoms with E-state index in [2.05, 4.69) is 5.32 Å². The van der Waals surface area contributed by atoms with Gasteiger partial charge in [-0.2, -0.15) is 0 Å². The van der Waals surface area contributed by atoms with Crippen LogP contribution in [0.5, 0.6) is 5.75 Å². The van der Waals surface area contributed by atoms with Crippen molar-refractivity contribution in [1.29, 1.82) is 0 Å². The number of nitrogens with one attached hydrogen (secondary N) is 1. The molecule has 0 spiro atoms. The number of rotatable bonds is 6. The molecule has 132 valence electrons. The molecule has 0 atom stereocenters. The summed E-state index contributed by atoms with van der Waals surface area (Å²) < 4.78 is 30.5. The van der Waals surface area contributed by atoms with E-state index in [0.29, 0.717) is 22.7 Å². The summed E-state index contributed by atoms with van der Waals surface area (Å²) in [7, 11) is -1.76. The van der Waals surface area contributed by atoms with Crippen LogP contribution in [0.4, 0.5) is 11.4 Å². The van der Waals surface area contributed by atoms with Crippen LogP contribution < -0.4 is 14.4 Å². The van der Waals surface area contributed by atoms with Crippen LogP contribution in [0, 0.1) is 0 Å². The molecule has 7 heteroatoms. The van der Waals surface area contributed by atoms with Crippen molar-refractivity contribution in [3.05, 3.63) is 54.1 Å². The van der Waals surface area contributed by atoms with Crippen LogP contribution in [-0.2, 0) is 10.0 Å². The Morgan fingerprint density at radius 2 is 1.84 bits per heavy atom. The number of methoxy groups -OCH3 is 1. The van der Waals surface area contributed by atoms with Crippen LogP contribution in [0.1, 0.15) is 23.2 Å². The van der Waals surface area contributed by atoms with E-state index in [1.807, 2.05) is 0 Å². The molecule has 0 aromatic heterocycles. The summed E-state index contributed by atoms with van der Waals surface area (Å²) >= 11 is 0. The second-order valence-corrected chi connectivity index (χ2v) is 7.88. The van der Waals surface area contributed by atoms with Gasteiger partial charge in [0.05, 0.1) is 19.1 Å². The summed E-state index contributed by atoms with van der Waals surface area (Å²) in [5.74, 6) is 0.352. The first-order chi connectivity index (χ1) is 11.9. The Hall–Kier alpha value is -2.54. The van der Waals surface area contributed by atoms with Gasteiger partial charge < -0.3 is 10.1 Å². The lowest BCUT2D eigenvalue weighted by molar-refractivity contribution is 0.102.